The molecule has 0 bridgehead atoms. The highest BCUT2D eigenvalue weighted by Gasteiger charge is 2.22. The fraction of sp³-hybridized carbons (Fsp3) is 0.636. The number of hydrogen-bond acceptors (Lipinski definition) is 6. The van der Waals surface area contributed by atoms with Crippen LogP contribution in [0.4, 0.5) is 0 Å². The molecule has 32 heavy (non-hydrogen) atoms. The van der Waals surface area contributed by atoms with Crippen LogP contribution in [0.1, 0.15) is 51.4 Å². The van der Waals surface area contributed by atoms with Gasteiger partial charge in [0.1, 0.15) is 0 Å². The summed E-state index contributed by atoms with van der Waals surface area (Å²) in [7, 11) is -3.65. The van der Waals surface area contributed by atoms with Crippen LogP contribution in [-0.4, -0.2) is 56.1 Å². The molecule has 4 rings (SSSR count). The number of fused-ring (bicyclic) bond motifs is 1. The summed E-state index contributed by atoms with van der Waals surface area (Å²) < 4.78 is 36.3. The summed E-state index contributed by atoms with van der Waals surface area (Å²) in [5, 5.41) is 0. The quantitative estimate of drug-likeness (QED) is 0.684. The summed E-state index contributed by atoms with van der Waals surface area (Å²) in [6, 6.07) is 4.78. The van der Waals surface area contributed by atoms with Crippen LogP contribution in [0.25, 0.3) is 10.2 Å². The highest BCUT2D eigenvalue weighted by Crippen LogP contribution is 2.24. The lowest BCUT2D eigenvalue weighted by Crippen LogP contribution is -2.41. The number of rotatable bonds is 6. The van der Waals surface area contributed by atoms with Crippen molar-refractivity contribution in [2.75, 3.05) is 26.3 Å². The molecular weight excluding hydrogens is 450 g/mol. The average Bonchev–Trinajstić information content (AvgIpc) is 3.08. The number of carbonyl (C=O) groups excluding carboxylic acids is 1. The fourth-order valence-corrected chi connectivity index (χ4v) is 6.83. The second-order valence-electron chi connectivity index (χ2n) is 8.56. The Bertz CT molecular complexity index is 1090. The maximum atomic E-state index is 13.0. The van der Waals surface area contributed by atoms with E-state index in [-0.39, 0.29) is 34.7 Å². The van der Waals surface area contributed by atoms with E-state index in [1.54, 1.807) is 27.7 Å². The highest BCUT2D eigenvalue weighted by molar-refractivity contribution is 7.89. The van der Waals surface area contributed by atoms with E-state index in [4.69, 9.17) is 4.74 Å². The zero-order chi connectivity index (χ0) is 22.6. The number of aromatic nitrogens is 1. The Balaban J connectivity index is 1.47. The first-order valence-corrected chi connectivity index (χ1v) is 13.8. The smallest absolute Gasteiger partial charge is 0.308 e. The fourth-order valence-electron chi connectivity index (χ4n) is 4.47. The van der Waals surface area contributed by atoms with E-state index in [2.05, 4.69) is 4.72 Å². The van der Waals surface area contributed by atoms with Crippen molar-refractivity contribution < 1.29 is 17.9 Å². The molecule has 0 atom stereocenters. The summed E-state index contributed by atoms with van der Waals surface area (Å²) in [5.41, 5.74) is 0.666. The Hall–Kier alpha value is -1.75. The Morgan fingerprint density at radius 1 is 1.09 bits per heavy atom. The number of ether oxygens (including phenoxy) is 1. The molecule has 2 fully saturated rings. The molecule has 176 valence electrons. The molecule has 1 aromatic heterocycles. The van der Waals surface area contributed by atoms with Crippen molar-refractivity contribution >= 4 is 37.5 Å². The number of aryl methyl sites for hydroxylation is 1. The van der Waals surface area contributed by atoms with Gasteiger partial charge in [-0.05, 0) is 31.0 Å². The van der Waals surface area contributed by atoms with Gasteiger partial charge in [0.05, 0.1) is 28.3 Å². The van der Waals surface area contributed by atoms with Crippen molar-refractivity contribution in [2.24, 2.45) is 0 Å². The molecule has 0 spiro atoms. The monoisotopic (exact) mass is 481 g/mol. The third kappa shape index (κ3) is 5.59. The van der Waals surface area contributed by atoms with Crippen LogP contribution >= 0.6 is 11.3 Å². The van der Waals surface area contributed by atoms with E-state index >= 15 is 0 Å². The van der Waals surface area contributed by atoms with E-state index < -0.39 is 10.0 Å². The molecule has 1 N–H and O–H groups in total. The molecule has 1 aliphatic carbocycles. The van der Waals surface area contributed by atoms with Crippen LogP contribution in [0.5, 0.6) is 0 Å². The standard InChI is InChI=1S/C22H31N3O5S2/c26-21(24-12-14-30-15-13-24)10-11-25-19-9-8-18(16-20(19)31-22(25)27)32(28,29)23-17-6-4-2-1-3-5-7-17/h8-9,16-17,23H,1-7,10-15H2. The first-order valence-electron chi connectivity index (χ1n) is 11.5. The molecule has 1 saturated carbocycles. The number of benzene rings is 1. The molecule has 8 nitrogen and oxygen atoms in total. The third-order valence-electron chi connectivity index (χ3n) is 6.29. The minimum atomic E-state index is -3.65. The highest BCUT2D eigenvalue weighted by atomic mass is 32.2. The van der Waals surface area contributed by atoms with Crippen molar-refractivity contribution in [3.63, 3.8) is 0 Å². The first kappa shape index (κ1) is 23.4. The van der Waals surface area contributed by atoms with Gasteiger partial charge in [-0.3, -0.25) is 14.2 Å². The lowest BCUT2D eigenvalue weighted by atomic mass is 9.97. The molecule has 2 aromatic rings. The third-order valence-corrected chi connectivity index (χ3v) is 8.75. The van der Waals surface area contributed by atoms with Crippen molar-refractivity contribution in [2.45, 2.75) is 68.8 Å². The molecule has 10 heteroatoms. The van der Waals surface area contributed by atoms with Gasteiger partial charge in [0.15, 0.2) is 0 Å². The lowest BCUT2D eigenvalue weighted by Gasteiger charge is -2.26. The predicted molar refractivity (Wildman–Crippen MR) is 125 cm³/mol. The number of sulfonamides is 1. The molecule has 1 aliphatic heterocycles. The number of thiazole rings is 1. The van der Waals surface area contributed by atoms with Gasteiger partial charge < -0.3 is 9.64 Å². The van der Waals surface area contributed by atoms with Gasteiger partial charge in [0, 0.05) is 32.1 Å². The number of morpholine rings is 1. The number of carbonyl (C=O) groups is 1. The van der Waals surface area contributed by atoms with Gasteiger partial charge in [-0.15, -0.1) is 0 Å². The van der Waals surface area contributed by atoms with Gasteiger partial charge in [-0.25, -0.2) is 13.1 Å². The van der Waals surface area contributed by atoms with E-state index in [0.717, 1.165) is 49.9 Å². The molecule has 1 saturated heterocycles. The van der Waals surface area contributed by atoms with E-state index in [9.17, 15) is 18.0 Å². The first-order chi connectivity index (χ1) is 15.4. The minimum Gasteiger partial charge on any atom is -0.378 e. The molecule has 1 amide bonds. The topological polar surface area (TPSA) is 97.7 Å². The van der Waals surface area contributed by atoms with Gasteiger partial charge in [0.2, 0.25) is 15.9 Å². The van der Waals surface area contributed by atoms with Crippen molar-refractivity contribution in [3.8, 4) is 0 Å². The largest absolute Gasteiger partial charge is 0.378 e. The lowest BCUT2D eigenvalue weighted by molar-refractivity contribution is -0.135. The normalized spacial score (nSPS) is 19.1. The minimum absolute atomic E-state index is 0.00199. The van der Waals surface area contributed by atoms with Crippen molar-refractivity contribution in [1.29, 1.82) is 0 Å². The summed E-state index contributed by atoms with van der Waals surface area (Å²) in [5.74, 6) is 0.00199. The average molecular weight is 482 g/mol. The molecule has 2 aliphatic rings. The number of nitrogens with zero attached hydrogens (tertiary/aromatic N) is 2. The van der Waals surface area contributed by atoms with Gasteiger partial charge in [-0.2, -0.15) is 0 Å². The van der Waals surface area contributed by atoms with Crippen molar-refractivity contribution in [1.82, 2.24) is 14.2 Å². The van der Waals surface area contributed by atoms with E-state index in [0.29, 0.717) is 36.5 Å². The molecule has 1 aromatic carbocycles. The van der Waals surface area contributed by atoms with E-state index in [1.165, 1.54) is 6.42 Å². The van der Waals surface area contributed by atoms with Gasteiger partial charge >= 0.3 is 4.87 Å². The van der Waals surface area contributed by atoms with Gasteiger partial charge in [0.25, 0.3) is 0 Å². The van der Waals surface area contributed by atoms with Gasteiger partial charge in [-0.1, -0.05) is 43.4 Å². The number of amides is 1. The number of hydrogen-bond donors (Lipinski definition) is 1. The summed E-state index contributed by atoms with van der Waals surface area (Å²) in [6.45, 7) is 2.51. The van der Waals surface area contributed by atoms with Crippen LogP contribution in [-0.2, 0) is 26.1 Å². The second-order valence-corrected chi connectivity index (χ2v) is 11.3. The Morgan fingerprint density at radius 2 is 1.78 bits per heavy atom. The Kier molecular flexibility index (Phi) is 7.65. The maximum absolute atomic E-state index is 13.0. The molecular formula is C22H31N3O5S2. The number of nitrogens with one attached hydrogen (secondary N) is 1. The summed E-state index contributed by atoms with van der Waals surface area (Å²) in [4.78, 5) is 26.7. The Morgan fingerprint density at radius 3 is 2.50 bits per heavy atom. The summed E-state index contributed by atoms with van der Waals surface area (Å²) in [6.07, 6.45) is 7.57. The van der Waals surface area contributed by atoms with Crippen molar-refractivity contribution in [3.05, 3.63) is 27.9 Å². The SMILES string of the molecule is O=C(CCn1c(=O)sc2cc(S(=O)(=O)NC3CCCCCCC3)ccc21)N1CCOCC1. The second kappa shape index (κ2) is 10.5. The summed E-state index contributed by atoms with van der Waals surface area (Å²) >= 11 is 1.02. The zero-order valence-electron chi connectivity index (χ0n) is 18.3. The Labute approximate surface area is 192 Å². The maximum Gasteiger partial charge on any atom is 0.308 e. The molecule has 0 unspecified atom stereocenters. The van der Waals surface area contributed by atoms with Crippen LogP contribution in [0.3, 0.4) is 0 Å². The molecule has 0 radical (unpaired) electrons. The zero-order valence-corrected chi connectivity index (χ0v) is 19.9. The van der Waals surface area contributed by atoms with E-state index in [1.807, 2.05) is 0 Å². The van der Waals surface area contributed by atoms with Crippen LogP contribution < -0.4 is 9.60 Å². The van der Waals surface area contributed by atoms with Crippen LogP contribution in [0, 0.1) is 0 Å². The predicted octanol–water partition coefficient (Wildman–Crippen LogP) is 2.70. The van der Waals surface area contributed by atoms with Crippen LogP contribution in [0.2, 0.25) is 0 Å². The van der Waals surface area contributed by atoms with Crippen LogP contribution in [0.15, 0.2) is 27.9 Å². The molecule has 2 heterocycles.